The van der Waals surface area contributed by atoms with Crippen molar-refractivity contribution in [2.45, 2.75) is 6.92 Å². The van der Waals surface area contributed by atoms with Gasteiger partial charge in [0, 0.05) is 16.6 Å². The van der Waals surface area contributed by atoms with Crippen LogP contribution < -0.4 is 5.73 Å². The van der Waals surface area contributed by atoms with Gasteiger partial charge in [-0.2, -0.15) is 0 Å². The van der Waals surface area contributed by atoms with Gasteiger partial charge in [-0.25, -0.2) is 9.97 Å². The number of amides is 1. The van der Waals surface area contributed by atoms with Gasteiger partial charge in [-0.15, -0.1) is 0 Å². The lowest BCUT2D eigenvalue weighted by atomic mass is 10.1. The normalized spacial score (nSPS) is 10.4. The number of aryl methyl sites for hydroxylation is 1. The Kier molecular flexibility index (Phi) is 1.89. The van der Waals surface area contributed by atoms with E-state index < -0.39 is 5.91 Å². The molecule has 0 fully saturated rings. The standard InChI is InChI=1S/C10H9N3O/c1-6-8-3-2-7(10(11)14)4-9(8)13-5-12-6/h2-5H,1H3,(H2,11,14). The molecule has 1 aromatic heterocycles. The number of fused-ring (bicyclic) bond motifs is 1. The second kappa shape index (κ2) is 3.06. The lowest BCUT2D eigenvalue weighted by Crippen LogP contribution is -2.10. The van der Waals surface area contributed by atoms with Gasteiger partial charge in [0.05, 0.1) is 5.52 Å². The molecule has 14 heavy (non-hydrogen) atoms. The second-order valence-electron chi connectivity index (χ2n) is 3.06. The Morgan fingerprint density at radius 1 is 1.36 bits per heavy atom. The summed E-state index contributed by atoms with van der Waals surface area (Å²) in [7, 11) is 0. The molecular formula is C10H9N3O. The Balaban J connectivity index is 2.73. The summed E-state index contributed by atoms with van der Waals surface area (Å²) < 4.78 is 0. The maximum atomic E-state index is 10.9. The van der Waals surface area contributed by atoms with Crippen LogP contribution in [0.4, 0.5) is 0 Å². The molecule has 70 valence electrons. The first-order valence-corrected chi connectivity index (χ1v) is 4.19. The number of carbonyl (C=O) groups excluding carboxylic acids is 1. The van der Waals surface area contributed by atoms with E-state index in [4.69, 9.17) is 5.73 Å². The number of rotatable bonds is 1. The van der Waals surface area contributed by atoms with E-state index in [9.17, 15) is 4.79 Å². The smallest absolute Gasteiger partial charge is 0.248 e. The maximum absolute atomic E-state index is 10.9. The van der Waals surface area contributed by atoms with Crippen LogP contribution in [0, 0.1) is 6.92 Å². The van der Waals surface area contributed by atoms with Crippen LogP contribution in [0.15, 0.2) is 24.5 Å². The molecule has 4 heteroatoms. The van der Waals surface area contributed by atoms with Crippen molar-refractivity contribution < 1.29 is 4.79 Å². The van der Waals surface area contributed by atoms with Gasteiger partial charge in [-0.1, -0.05) is 6.07 Å². The second-order valence-corrected chi connectivity index (χ2v) is 3.06. The molecule has 1 aromatic carbocycles. The largest absolute Gasteiger partial charge is 0.366 e. The van der Waals surface area contributed by atoms with Crippen LogP contribution in [0.2, 0.25) is 0 Å². The van der Waals surface area contributed by atoms with Gasteiger partial charge in [0.1, 0.15) is 6.33 Å². The zero-order chi connectivity index (χ0) is 10.1. The van der Waals surface area contributed by atoms with Gasteiger partial charge >= 0.3 is 0 Å². The topological polar surface area (TPSA) is 68.9 Å². The third-order valence-corrected chi connectivity index (χ3v) is 2.12. The Bertz CT molecular complexity index is 508. The molecule has 0 unspecified atom stereocenters. The molecule has 2 aromatic rings. The fourth-order valence-corrected chi connectivity index (χ4v) is 1.34. The first-order valence-electron chi connectivity index (χ1n) is 4.19. The SMILES string of the molecule is Cc1ncnc2cc(C(N)=O)ccc12. The highest BCUT2D eigenvalue weighted by atomic mass is 16.1. The number of aromatic nitrogens is 2. The number of primary amides is 1. The van der Waals surface area contributed by atoms with Gasteiger partial charge in [-0.3, -0.25) is 4.79 Å². The van der Waals surface area contributed by atoms with Crippen LogP contribution >= 0.6 is 0 Å². The molecule has 4 nitrogen and oxygen atoms in total. The molecule has 0 aliphatic heterocycles. The van der Waals surface area contributed by atoms with E-state index in [-0.39, 0.29) is 0 Å². The Morgan fingerprint density at radius 3 is 2.86 bits per heavy atom. The van der Waals surface area contributed by atoms with E-state index in [2.05, 4.69) is 9.97 Å². The molecule has 0 aliphatic carbocycles. The molecule has 2 N–H and O–H groups in total. The molecule has 0 aliphatic rings. The van der Waals surface area contributed by atoms with Crippen molar-refractivity contribution in [1.29, 1.82) is 0 Å². The van der Waals surface area contributed by atoms with E-state index >= 15 is 0 Å². The van der Waals surface area contributed by atoms with Crippen molar-refractivity contribution in [3.8, 4) is 0 Å². The van der Waals surface area contributed by atoms with Crippen molar-refractivity contribution in [1.82, 2.24) is 9.97 Å². The highest BCUT2D eigenvalue weighted by Gasteiger charge is 2.03. The minimum Gasteiger partial charge on any atom is -0.366 e. The zero-order valence-corrected chi connectivity index (χ0v) is 7.69. The molecule has 0 saturated heterocycles. The number of nitrogens with zero attached hydrogens (tertiary/aromatic N) is 2. The number of hydrogen-bond acceptors (Lipinski definition) is 3. The van der Waals surface area contributed by atoms with Gasteiger partial charge in [0.15, 0.2) is 0 Å². The van der Waals surface area contributed by atoms with Crippen molar-refractivity contribution in [2.75, 3.05) is 0 Å². The number of benzene rings is 1. The lowest BCUT2D eigenvalue weighted by molar-refractivity contribution is 0.100. The highest BCUT2D eigenvalue weighted by Crippen LogP contribution is 2.15. The van der Waals surface area contributed by atoms with Gasteiger partial charge in [-0.05, 0) is 19.1 Å². The summed E-state index contributed by atoms with van der Waals surface area (Å²) in [6, 6.07) is 5.16. The predicted molar refractivity (Wildman–Crippen MR) is 52.8 cm³/mol. The van der Waals surface area contributed by atoms with Crippen LogP contribution in [-0.2, 0) is 0 Å². The number of carbonyl (C=O) groups is 1. The first kappa shape index (κ1) is 8.62. The predicted octanol–water partition coefficient (Wildman–Crippen LogP) is 1.04. The molecule has 1 heterocycles. The summed E-state index contributed by atoms with van der Waals surface area (Å²) in [6.45, 7) is 1.90. The Labute approximate surface area is 80.8 Å². The van der Waals surface area contributed by atoms with Gasteiger partial charge in [0.25, 0.3) is 0 Å². The van der Waals surface area contributed by atoms with Crippen molar-refractivity contribution in [3.63, 3.8) is 0 Å². The zero-order valence-electron chi connectivity index (χ0n) is 7.69. The molecule has 0 radical (unpaired) electrons. The average molecular weight is 187 g/mol. The highest BCUT2D eigenvalue weighted by molar-refractivity contribution is 5.96. The number of nitrogens with two attached hydrogens (primary N) is 1. The summed E-state index contributed by atoms with van der Waals surface area (Å²) in [5, 5.41) is 0.942. The van der Waals surface area contributed by atoms with E-state index in [0.717, 1.165) is 16.6 Å². The number of hydrogen-bond donors (Lipinski definition) is 1. The summed E-state index contributed by atoms with van der Waals surface area (Å²) in [5.41, 5.74) is 7.27. The molecule has 0 bridgehead atoms. The van der Waals surface area contributed by atoms with Crippen LogP contribution in [0.5, 0.6) is 0 Å². The van der Waals surface area contributed by atoms with Crippen molar-refractivity contribution in [2.24, 2.45) is 5.73 Å². The van der Waals surface area contributed by atoms with E-state index in [1.807, 2.05) is 13.0 Å². The van der Waals surface area contributed by atoms with E-state index in [1.165, 1.54) is 6.33 Å². The summed E-state index contributed by atoms with van der Waals surface area (Å²) in [6.07, 6.45) is 1.47. The minimum atomic E-state index is -0.442. The minimum absolute atomic E-state index is 0.442. The molecule has 1 amide bonds. The molecule has 0 saturated carbocycles. The van der Waals surface area contributed by atoms with Gasteiger partial charge in [0.2, 0.25) is 5.91 Å². The lowest BCUT2D eigenvalue weighted by Gasteiger charge is -2.01. The summed E-state index contributed by atoms with van der Waals surface area (Å²) >= 11 is 0. The third-order valence-electron chi connectivity index (χ3n) is 2.12. The summed E-state index contributed by atoms with van der Waals surface area (Å²) in [4.78, 5) is 19.0. The maximum Gasteiger partial charge on any atom is 0.248 e. The quantitative estimate of drug-likeness (QED) is 0.725. The Hall–Kier alpha value is -1.97. The average Bonchev–Trinajstić information content (AvgIpc) is 2.17. The van der Waals surface area contributed by atoms with Gasteiger partial charge < -0.3 is 5.73 Å². The van der Waals surface area contributed by atoms with Crippen LogP contribution in [0.3, 0.4) is 0 Å². The fourth-order valence-electron chi connectivity index (χ4n) is 1.34. The van der Waals surface area contributed by atoms with Crippen LogP contribution in [0.1, 0.15) is 16.1 Å². The first-order chi connectivity index (χ1) is 6.68. The third kappa shape index (κ3) is 1.31. The van der Waals surface area contributed by atoms with E-state index in [0.29, 0.717) is 5.56 Å². The summed E-state index contributed by atoms with van der Waals surface area (Å²) in [5.74, 6) is -0.442. The molecule has 0 spiro atoms. The van der Waals surface area contributed by atoms with Crippen molar-refractivity contribution >= 4 is 16.8 Å². The van der Waals surface area contributed by atoms with Crippen LogP contribution in [0.25, 0.3) is 10.9 Å². The molecule has 0 atom stereocenters. The van der Waals surface area contributed by atoms with Crippen LogP contribution in [-0.4, -0.2) is 15.9 Å². The van der Waals surface area contributed by atoms with Crippen molar-refractivity contribution in [3.05, 3.63) is 35.8 Å². The molecule has 2 rings (SSSR count). The fraction of sp³-hybridized carbons (Fsp3) is 0.100. The van der Waals surface area contributed by atoms with E-state index in [1.54, 1.807) is 12.1 Å². The molecular weight excluding hydrogens is 178 g/mol. The monoisotopic (exact) mass is 187 g/mol. The Morgan fingerprint density at radius 2 is 2.14 bits per heavy atom.